The van der Waals surface area contributed by atoms with Crippen molar-refractivity contribution in [1.29, 1.82) is 0 Å². The van der Waals surface area contributed by atoms with Crippen LogP contribution >= 0.6 is 23.2 Å². The lowest BCUT2D eigenvalue weighted by Gasteiger charge is -2.05. The molecule has 1 heterocycles. The molecule has 0 radical (unpaired) electrons. The first-order valence-corrected chi connectivity index (χ1v) is 6.92. The van der Waals surface area contributed by atoms with Gasteiger partial charge >= 0.3 is 0 Å². The quantitative estimate of drug-likeness (QED) is 0.930. The number of halogens is 2. The van der Waals surface area contributed by atoms with Gasteiger partial charge in [-0.05, 0) is 24.5 Å². The van der Waals surface area contributed by atoms with Crippen molar-refractivity contribution in [3.63, 3.8) is 0 Å². The third kappa shape index (κ3) is 2.94. The summed E-state index contributed by atoms with van der Waals surface area (Å²) in [5.74, 6) is 0.441. The first-order valence-electron chi connectivity index (χ1n) is 6.16. The minimum Gasteiger partial charge on any atom is -0.391 e. The molecular weight excluding hydrogens is 283 g/mol. The maximum atomic E-state index is 9.47. The highest BCUT2D eigenvalue weighted by molar-refractivity contribution is 6.33. The molecule has 2 aromatic rings. The summed E-state index contributed by atoms with van der Waals surface area (Å²) >= 11 is 12.5. The molecule has 0 fully saturated rings. The molecule has 1 aromatic heterocycles. The van der Waals surface area contributed by atoms with Crippen molar-refractivity contribution in [3.05, 3.63) is 45.7 Å². The van der Waals surface area contributed by atoms with Crippen molar-refractivity contribution in [2.24, 2.45) is 5.92 Å². The van der Waals surface area contributed by atoms with Crippen LogP contribution in [0.5, 0.6) is 0 Å². The van der Waals surface area contributed by atoms with E-state index in [-0.39, 0.29) is 6.61 Å². The summed E-state index contributed by atoms with van der Waals surface area (Å²) in [4.78, 5) is 0. The highest BCUT2D eigenvalue weighted by atomic mass is 35.5. The Morgan fingerprint density at radius 2 is 1.95 bits per heavy atom. The molecule has 1 N–H and O–H groups in total. The van der Waals surface area contributed by atoms with Gasteiger partial charge in [0.1, 0.15) is 5.15 Å². The molecule has 1 aromatic carbocycles. The zero-order chi connectivity index (χ0) is 14.0. The highest BCUT2D eigenvalue weighted by Crippen LogP contribution is 2.28. The summed E-state index contributed by atoms with van der Waals surface area (Å²) in [6.07, 6.45) is 0.771. The van der Waals surface area contributed by atoms with E-state index in [0.717, 1.165) is 17.8 Å². The van der Waals surface area contributed by atoms with Gasteiger partial charge in [-0.15, -0.1) is 0 Å². The Hall–Kier alpha value is -1.03. The Kier molecular flexibility index (Phi) is 4.50. The van der Waals surface area contributed by atoms with E-state index in [0.29, 0.717) is 21.7 Å². The van der Waals surface area contributed by atoms with Gasteiger partial charge in [0.15, 0.2) is 0 Å². The number of rotatable bonds is 4. The van der Waals surface area contributed by atoms with E-state index in [1.807, 2.05) is 18.2 Å². The molecule has 19 heavy (non-hydrogen) atoms. The summed E-state index contributed by atoms with van der Waals surface area (Å²) < 4.78 is 1.59. The standard InChI is InChI=1S/C14H16Cl2N2O/c1-9(2)7-12-10(8-19)14(16)18(17-12)13-6-4-3-5-11(13)15/h3-6,9,19H,7-8H2,1-2H3. The fourth-order valence-corrected chi connectivity index (χ4v) is 2.48. The minimum absolute atomic E-state index is 0.120. The van der Waals surface area contributed by atoms with Gasteiger partial charge in [-0.2, -0.15) is 5.10 Å². The Balaban J connectivity index is 2.53. The molecule has 5 heteroatoms. The lowest BCUT2D eigenvalue weighted by molar-refractivity contribution is 0.280. The second kappa shape index (κ2) is 5.95. The van der Waals surface area contributed by atoms with E-state index in [9.17, 15) is 5.11 Å². The Morgan fingerprint density at radius 3 is 2.53 bits per heavy atom. The van der Waals surface area contributed by atoms with Crippen molar-refractivity contribution >= 4 is 23.2 Å². The van der Waals surface area contributed by atoms with Crippen LogP contribution in [0, 0.1) is 5.92 Å². The van der Waals surface area contributed by atoms with Gasteiger partial charge in [0.25, 0.3) is 0 Å². The van der Waals surface area contributed by atoms with E-state index in [1.54, 1.807) is 10.7 Å². The van der Waals surface area contributed by atoms with Crippen LogP contribution in [0.4, 0.5) is 0 Å². The molecule has 0 bridgehead atoms. The van der Waals surface area contributed by atoms with Gasteiger partial charge in [-0.25, -0.2) is 4.68 Å². The number of hydrogen-bond acceptors (Lipinski definition) is 2. The van der Waals surface area contributed by atoms with E-state index in [4.69, 9.17) is 23.2 Å². The van der Waals surface area contributed by atoms with Crippen molar-refractivity contribution in [3.8, 4) is 5.69 Å². The average Bonchev–Trinajstić information content (AvgIpc) is 2.65. The topological polar surface area (TPSA) is 38.0 Å². The number of aliphatic hydroxyl groups excluding tert-OH is 1. The molecule has 102 valence electrons. The van der Waals surface area contributed by atoms with Crippen LogP contribution < -0.4 is 0 Å². The zero-order valence-electron chi connectivity index (χ0n) is 10.9. The molecule has 0 aliphatic carbocycles. The largest absolute Gasteiger partial charge is 0.391 e. The van der Waals surface area contributed by atoms with Crippen LogP contribution in [0.2, 0.25) is 10.2 Å². The number of nitrogens with zero attached hydrogens (tertiary/aromatic N) is 2. The van der Waals surface area contributed by atoms with Crippen molar-refractivity contribution in [2.75, 3.05) is 0 Å². The van der Waals surface area contributed by atoms with Crippen LogP contribution in [0.1, 0.15) is 25.1 Å². The SMILES string of the molecule is CC(C)Cc1nn(-c2ccccc2Cl)c(Cl)c1CO. The summed E-state index contributed by atoms with van der Waals surface area (Å²) in [5, 5.41) is 15.0. The van der Waals surface area contributed by atoms with Gasteiger partial charge in [0.2, 0.25) is 0 Å². The molecule has 0 unspecified atom stereocenters. The van der Waals surface area contributed by atoms with Crippen molar-refractivity contribution < 1.29 is 5.11 Å². The second-order valence-corrected chi connectivity index (χ2v) is 5.60. The van der Waals surface area contributed by atoms with Gasteiger partial charge in [-0.1, -0.05) is 49.2 Å². The first-order chi connectivity index (χ1) is 9.04. The number of benzene rings is 1. The van der Waals surface area contributed by atoms with E-state index in [2.05, 4.69) is 18.9 Å². The van der Waals surface area contributed by atoms with Crippen molar-refractivity contribution in [2.45, 2.75) is 26.9 Å². The maximum absolute atomic E-state index is 9.47. The predicted octanol–water partition coefficient (Wildman–Crippen LogP) is 3.87. The second-order valence-electron chi connectivity index (χ2n) is 4.84. The number of hydrogen-bond donors (Lipinski definition) is 1. The summed E-state index contributed by atoms with van der Waals surface area (Å²) in [6, 6.07) is 7.36. The predicted molar refractivity (Wildman–Crippen MR) is 78.0 cm³/mol. The third-order valence-electron chi connectivity index (χ3n) is 2.84. The summed E-state index contributed by atoms with van der Waals surface area (Å²) in [7, 11) is 0. The fraction of sp³-hybridized carbons (Fsp3) is 0.357. The lowest BCUT2D eigenvalue weighted by atomic mass is 10.1. The minimum atomic E-state index is -0.120. The van der Waals surface area contributed by atoms with Gasteiger partial charge in [0, 0.05) is 5.56 Å². The van der Waals surface area contributed by atoms with Crippen LogP contribution in [-0.2, 0) is 13.0 Å². The lowest BCUT2D eigenvalue weighted by Crippen LogP contribution is -2.00. The molecule has 3 nitrogen and oxygen atoms in total. The molecule has 0 saturated carbocycles. The molecule has 0 aliphatic rings. The number of aromatic nitrogens is 2. The maximum Gasteiger partial charge on any atom is 0.138 e. The van der Waals surface area contributed by atoms with E-state index >= 15 is 0 Å². The van der Waals surface area contributed by atoms with E-state index < -0.39 is 0 Å². The van der Waals surface area contributed by atoms with Crippen LogP contribution in [0.25, 0.3) is 5.69 Å². The van der Waals surface area contributed by atoms with Crippen LogP contribution in [0.15, 0.2) is 24.3 Å². The summed E-state index contributed by atoms with van der Waals surface area (Å²) in [5.41, 5.74) is 2.22. The molecular formula is C14H16Cl2N2O. The molecule has 0 amide bonds. The Labute approximate surface area is 122 Å². The molecule has 0 aliphatic heterocycles. The van der Waals surface area contributed by atoms with E-state index in [1.165, 1.54) is 0 Å². The number of para-hydroxylation sites is 1. The zero-order valence-corrected chi connectivity index (χ0v) is 12.4. The van der Waals surface area contributed by atoms with Gasteiger partial charge < -0.3 is 5.11 Å². The van der Waals surface area contributed by atoms with Crippen molar-refractivity contribution in [1.82, 2.24) is 9.78 Å². The smallest absolute Gasteiger partial charge is 0.138 e. The monoisotopic (exact) mass is 298 g/mol. The first kappa shape index (κ1) is 14.4. The van der Waals surface area contributed by atoms with Gasteiger partial charge in [0.05, 0.1) is 23.0 Å². The summed E-state index contributed by atoms with van der Waals surface area (Å²) in [6.45, 7) is 4.08. The van der Waals surface area contributed by atoms with Gasteiger partial charge in [-0.3, -0.25) is 0 Å². The average molecular weight is 299 g/mol. The molecule has 0 atom stereocenters. The Morgan fingerprint density at radius 1 is 1.26 bits per heavy atom. The molecule has 2 rings (SSSR count). The molecule has 0 spiro atoms. The Bertz CT molecular complexity index is 579. The highest BCUT2D eigenvalue weighted by Gasteiger charge is 2.18. The third-order valence-corrected chi connectivity index (χ3v) is 3.55. The van der Waals surface area contributed by atoms with Crippen LogP contribution in [-0.4, -0.2) is 14.9 Å². The number of aliphatic hydroxyl groups is 1. The van der Waals surface area contributed by atoms with Crippen LogP contribution in [0.3, 0.4) is 0 Å². The fourth-order valence-electron chi connectivity index (χ4n) is 1.96. The molecule has 0 saturated heterocycles. The normalized spacial score (nSPS) is 11.3.